The number of hydrogen-bond acceptors (Lipinski definition) is 6. The van der Waals surface area contributed by atoms with Crippen LogP contribution in [0.25, 0.3) is 10.9 Å². The Labute approximate surface area is 218 Å². The molecule has 1 aromatic heterocycles. The first kappa shape index (κ1) is 25.1. The van der Waals surface area contributed by atoms with Crippen molar-refractivity contribution in [3.8, 4) is 11.8 Å². The van der Waals surface area contributed by atoms with Crippen molar-refractivity contribution >= 4 is 38.7 Å². The van der Waals surface area contributed by atoms with Crippen LogP contribution in [0.1, 0.15) is 42.3 Å². The van der Waals surface area contributed by atoms with Crippen LogP contribution in [0.3, 0.4) is 0 Å². The van der Waals surface area contributed by atoms with Crippen LogP contribution in [0.4, 0.5) is 5.69 Å². The summed E-state index contributed by atoms with van der Waals surface area (Å²) in [4.78, 5) is 20.0. The molecule has 4 rings (SSSR count). The molecule has 182 valence electrons. The standard InChI is InChI=1S/C28H26BrN5O2/c1-18(2)27-32-25-12-10-22(29)13-24(25)28(35)34(27)31-16-20-9-11-23(33(3)4)14-26(20)36-17-21-8-6-5-7-19(21)15-30/h5-14,16,18H,17H2,1-4H3. The van der Waals surface area contributed by atoms with Crippen molar-refractivity contribution in [3.63, 3.8) is 0 Å². The molecule has 0 aliphatic rings. The van der Waals surface area contributed by atoms with Crippen molar-refractivity contribution in [1.29, 1.82) is 5.26 Å². The minimum atomic E-state index is -0.239. The summed E-state index contributed by atoms with van der Waals surface area (Å²) in [6, 6.07) is 20.8. The molecule has 0 fully saturated rings. The summed E-state index contributed by atoms with van der Waals surface area (Å²) in [5, 5.41) is 14.5. The van der Waals surface area contributed by atoms with Gasteiger partial charge in [0.2, 0.25) is 0 Å². The molecule has 0 spiro atoms. The van der Waals surface area contributed by atoms with Gasteiger partial charge in [-0.2, -0.15) is 15.0 Å². The van der Waals surface area contributed by atoms with Crippen LogP contribution >= 0.6 is 15.9 Å². The largest absolute Gasteiger partial charge is 0.488 e. The molecule has 4 aromatic rings. The lowest BCUT2D eigenvalue weighted by Crippen LogP contribution is -2.23. The molecule has 0 saturated heterocycles. The van der Waals surface area contributed by atoms with E-state index in [2.05, 4.69) is 27.1 Å². The maximum absolute atomic E-state index is 13.4. The van der Waals surface area contributed by atoms with E-state index in [0.29, 0.717) is 33.6 Å². The van der Waals surface area contributed by atoms with E-state index in [9.17, 15) is 10.1 Å². The number of fused-ring (bicyclic) bond motifs is 1. The summed E-state index contributed by atoms with van der Waals surface area (Å²) in [7, 11) is 3.90. The normalized spacial score (nSPS) is 11.2. The number of nitriles is 1. The van der Waals surface area contributed by atoms with Crippen LogP contribution in [-0.4, -0.2) is 30.0 Å². The van der Waals surface area contributed by atoms with Crippen LogP contribution in [0.2, 0.25) is 0 Å². The Kier molecular flexibility index (Phi) is 7.51. The molecule has 0 bridgehead atoms. The van der Waals surface area contributed by atoms with Crippen molar-refractivity contribution in [2.45, 2.75) is 26.4 Å². The van der Waals surface area contributed by atoms with Crippen LogP contribution < -0.4 is 15.2 Å². The zero-order chi connectivity index (χ0) is 25.8. The van der Waals surface area contributed by atoms with Gasteiger partial charge in [-0.3, -0.25) is 4.79 Å². The van der Waals surface area contributed by atoms with Crippen molar-refractivity contribution in [1.82, 2.24) is 9.66 Å². The SMILES string of the molecule is CC(C)c1nc2ccc(Br)cc2c(=O)n1N=Cc1ccc(N(C)C)cc1OCc1ccccc1C#N. The van der Waals surface area contributed by atoms with E-state index < -0.39 is 0 Å². The highest BCUT2D eigenvalue weighted by molar-refractivity contribution is 9.10. The molecule has 0 unspecified atom stereocenters. The second kappa shape index (κ2) is 10.8. The summed E-state index contributed by atoms with van der Waals surface area (Å²) < 4.78 is 8.32. The topological polar surface area (TPSA) is 83.5 Å². The lowest BCUT2D eigenvalue weighted by Gasteiger charge is -2.17. The van der Waals surface area contributed by atoms with Crippen LogP contribution in [0.5, 0.6) is 5.75 Å². The molecule has 0 aliphatic heterocycles. The predicted octanol–water partition coefficient (Wildman–Crippen LogP) is 5.68. The first-order valence-electron chi connectivity index (χ1n) is 11.5. The first-order chi connectivity index (χ1) is 17.3. The van der Waals surface area contributed by atoms with Gasteiger partial charge in [-0.05, 0) is 36.4 Å². The molecular formula is C28H26BrN5O2. The minimum Gasteiger partial charge on any atom is -0.488 e. The number of benzene rings is 3. The van der Waals surface area contributed by atoms with E-state index in [0.717, 1.165) is 15.7 Å². The second-order valence-corrected chi connectivity index (χ2v) is 9.74. The van der Waals surface area contributed by atoms with E-state index in [1.165, 1.54) is 4.68 Å². The van der Waals surface area contributed by atoms with Gasteiger partial charge in [-0.15, -0.1) is 0 Å². The van der Waals surface area contributed by atoms with Gasteiger partial charge >= 0.3 is 0 Å². The zero-order valence-electron chi connectivity index (χ0n) is 20.6. The van der Waals surface area contributed by atoms with Gasteiger partial charge < -0.3 is 9.64 Å². The van der Waals surface area contributed by atoms with Crippen molar-refractivity contribution in [2.75, 3.05) is 19.0 Å². The number of halogens is 1. The van der Waals surface area contributed by atoms with Crippen molar-refractivity contribution in [3.05, 3.63) is 98.0 Å². The lowest BCUT2D eigenvalue weighted by atomic mass is 10.1. The summed E-state index contributed by atoms with van der Waals surface area (Å²) in [5.41, 5.74) is 3.41. The Morgan fingerprint density at radius 3 is 2.67 bits per heavy atom. The quantitative estimate of drug-likeness (QED) is 0.280. The highest BCUT2D eigenvalue weighted by atomic mass is 79.9. The Morgan fingerprint density at radius 2 is 1.94 bits per heavy atom. The summed E-state index contributed by atoms with van der Waals surface area (Å²) in [5.74, 6) is 1.15. The Balaban J connectivity index is 1.77. The summed E-state index contributed by atoms with van der Waals surface area (Å²) >= 11 is 3.43. The average molecular weight is 544 g/mol. The molecule has 36 heavy (non-hydrogen) atoms. The predicted molar refractivity (Wildman–Crippen MR) is 147 cm³/mol. The highest BCUT2D eigenvalue weighted by Gasteiger charge is 2.14. The number of aromatic nitrogens is 2. The van der Waals surface area contributed by atoms with Gasteiger partial charge in [0.15, 0.2) is 0 Å². The average Bonchev–Trinajstić information content (AvgIpc) is 2.87. The summed E-state index contributed by atoms with van der Waals surface area (Å²) in [6.45, 7) is 4.18. The number of anilines is 1. The monoisotopic (exact) mass is 543 g/mol. The molecule has 0 N–H and O–H groups in total. The Morgan fingerprint density at radius 1 is 1.17 bits per heavy atom. The van der Waals surface area contributed by atoms with Crippen LogP contribution in [0, 0.1) is 11.3 Å². The fourth-order valence-electron chi connectivity index (χ4n) is 3.71. The van der Waals surface area contributed by atoms with Crippen LogP contribution in [0.15, 0.2) is 75.0 Å². The van der Waals surface area contributed by atoms with E-state index >= 15 is 0 Å². The molecule has 0 radical (unpaired) electrons. The molecule has 3 aromatic carbocycles. The molecular weight excluding hydrogens is 518 g/mol. The Bertz CT molecular complexity index is 1550. The molecule has 1 heterocycles. The number of nitrogens with zero attached hydrogens (tertiary/aromatic N) is 5. The number of ether oxygens (including phenoxy) is 1. The zero-order valence-corrected chi connectivity index (χ0v) is 22.2. The maximum Gasteiger partial charge on any atom is 0.282 e. The molecule has 0 saturated carbocycles. The van der Waals surface area contributed by atoms with Gasteiger partial charge in [-0.1, -0.05) is 48.0 Å². The van der Waals surface area contributed by atoms with E-state index in [-0.39, 0.29) is 18.1 Å². The third kappa shape index (κ3) is 5.31. The van der Waals surface area contributed by atoms with Crippen molar-refractivity contribution in [2.24, 2.45) is 5.10 Å². The molecule has 7 nitrogen and oxygen atoms in total. The molecule has 0 atom stereocenters. The van der Waals surface area contributed by atoms with Gasteiger partial charge in [0.1, 0.15) is 18.2 Å². The molecule has 0 aliphatic carbocycles. The smallest absolute Gasteiger partial charge is 0.282 e. The highest BCUT2D eigenvalue weighted by Crippen LogP contribution is 2.26. The summed E-state index contributed by atoms with van der Waals surface area (Å²) in [6.07, 6.45) is 1.61. The second-order valence-electron chi connectivity index (χ2n) is 8.82. The van der Waals surface area contributed by atoms with Gasteiger partial charge in [0.05, 0.1) is 28.8 Å². The third-order valence-corrected chi connectivity index (χ3v) is 6.19. The minimum absolute atomic E-state index is 0.0165. The van der Waals surface area contributed by atoms with Crippen LogP contribution in [-0.2, 0) is 6.61 Å². The fraction of sp³-hybridized carbons (Fsp3) is 0.214. The van der Waals surface area contributed by atoms with Gasteiger partial charge in [-0.25, -0.2) is 4.98 Å². The number of rotatable bonds is 7. The van der Waals surface area contributed by atoms with Gasteiger partial charge in [0.25, 0.3) is 5.56 Å². The fourth-order valence-corrected chi connectivity index (χ4v) is 4.08. The number of hydrogen-bond donors (Lipinski definition) is 0. The lowest BCUT2D eigenvalue weighted by molar-refractivity contribution is 0.305. The first-order valence-corrected chi connectivity index (χ1v) is 12.3. The maximum atomic E-state index is 13.4. The van der Waals surface area contributed by atoms with E-state index in [1.54, 1.807) is 18.3 Å². The molecule has 8 heteroatoms. The van der Waals surface area contributed by atoms with E-state index in [1.807, 2.05) is 81.4 Å². The van der Waals surface area contributed by atoms with Gasteiger partial charge in [0, 0.05) is 47.4 Å². The van der Waals surface area contributed by atoms with E-state index in [4.69, 9.17) is 9.72 Å². The Hall–Kier alpha value is -3.96. The third-order valence-electron chi connectivity index (χ3n) is 5.70. The molecule has 0 amide bonds. The van der Waals surface area contributed by atoms with Crippen molar-refractivity contribution < 1.29 is 4.74 Å².